The molecule has 2 atom stereocenters. The van der Waals surface area contributed by atoms with Crippen molar-refractivity contribution in [2.24, 2.45) is 5.92 Å². The Morgan fingerprint density at radius 1 is 0.900 bits per heavy atom. The molecule has 1 aliphatic rings. The summed E-state index contributed by atoms with van der Waals surface area (Å²) in [6.45, 7) is 2.23. The first-order valence-electron chi connectivity index (χ1n) is 11.4. The van der Waals surface area contributed by atoms with Crippen LogP contribution < -0.4 is 0 Å². The van der Waals surface area contributed by atoms with Crippen LogP contribution in [0.2, 0.25) is 0 Å². The molecule has 0 saturated heterocycles. The van der Waals surface area contributed by atoms with Gasteiger partial charge in [-0.3, -0.25) is 0 Å². The molecular weight excluding hydrogens is 369 g/mol. The lowest BCUT2D eigenvalue weighted by atomic mass is 9.78. The van der Waals surface area contributed by atoms with Crippen molar-refractivity contribution in [3.8, 4) is 17.2 Å². The first-order chi connectivity index (χ1) is 14.7. The lowest BCUT2D eigenvalue weighted by Gasteiger charge is -2.29. The van der Waals surface area contributed by atoms with Gasteiger partial charge in [0.2, 0.25) is 0 Å². The van der Waals surface area contributed by atoms with Crippen LogP contribution in [0.3, 0.4) is 0 Å². The van der Waals surface area contributed by atoms with E-state index < -0.39 is 6.17 Å². The maximum atomic E-state index is 15.0. The molecule has 154 valence electrons. The van der Waals surface area contributed by atoms with Crippen LogP contribution in [-0.2, 0) is 12.8 Å². The lowest BCUT2D eigenvalue weighted by molar-refractivity contribution is 0.199. The number of benzene rings is 3. The molecule has 0 N–H and O–H groups in total. The average molecular weight is 400 g/mol. The summed E-state index contributed by atoms with van der Waals surface area (Å²) < 4.78 is 15.0. The number of nitrogens with zero attached hydrogens (tertiary/aromatic N) is 1. The summed E-state index contributed by atoms with van der Waals surface area (Å²) in [6.07, 6.45) is 7.92. The van der Waals surface area contributed by atoms with Crippen LogP contribution in [0.1, 0.15) is 62.1 Å². The van der Waals surface area contributed by atoms with Gasteiger partial charge in [-0.2, -0.15) is 5.26 Å². The molecule has 4 rings (SSSR count). The predicted octanol–water partition coefficient (Wildman–Crippen LogP) is 7.79. The Morgan fingerprint density at radius 2 is 1.67 bits per heavy atom. The van der Waals surface area contributed by atoms with E-state index in [1.165, 1.54) is 47.6 Å². The van der Waals surface area contributed by atoms with E-state index in [9.17, 15) is 0 Å². The SMILES string of the molecule is CCCCCCC[C@@H]1Cc2ccc3cc(-c4ccc(C#N)cc4)ccc3c2C[C@H]1F. The van der Waals surface area contributed by atoms with E-state index >= 15 is 4.39 Å². The van der Waals surface area contributed by atoms with E-state index in [1.54, 1.807) is 0 Å². The van der Waals surface area contributed by atoms with Gasteiger partial charge in [0.05, 0.1) is 11.6 Å². The lowest BCUT2D eigenvalue weighted by Crippen LogP contribution is -2.27. The van der Waals surface area contributed by atoms with Crippen LogP contribution in [0.4, 0.5) is 4.39 Å². The molecular formula is C28H30FN. The second kappa shape index (κ2) is 9.43. The average Bonchev–Trinajstić information content (AvgIpc) is 2.79. The molecule has 0 unspecified atom stereocenters. The summed E-state index contributed by atoms with van der Waals surface area (Å²) in [5.74, 6) is 0.175. The first kappa shape index (κ1) is 20.6. The van der Waals surface area contributed by atoms with Crippen LogP contribution in [0.5, 0.6) is 0 Å². The molecule has 3 aromatic rings. The summed E-state index contributed by atoms with van der Waals surface area (Å²) in [7, 11) is 0. The molecule has 0 aromatic heterocycles. The molecule has 2 heteroatoms. The molecule has 0 saturated carbocycles. The maximum absolute atomic E-state index is 15.0. The van der Waals surface area contributed by atoms with Gasteiger partial charge in [-0.05, 0) is 70.0 Å². The fraction of sp³-hybridized carbons (Fsp3) is 0.393. The van der Waals surface area contributed by atoms with Crippen LogP contribution in [0, 0.1) is 17.2 Å². The fourth-order valence-corrected chi connectivity index (χ4v) is 4.85. The second-order valence-electron chi connectivity index (χ2n) is 8.72. The number of halogens is 1. The van der Waals surface area contributed by atoms with Gasteiger partial charge in [0.25, 0.3) is 0 Å². The Labute approximate surface area is 179 Å². The molecule has 0 bridgehead atoms. The summed E-state index contributed by atoms with van der Waals surface area (Å²) >= 11 is 0. The zero-order valence-electron chi connectivity index (χ0n) is 17.8. The van der Waals surface area contributed by atoms with E-state index in [0.717, 1.165) is 30.4 Å². The van der Waals surface area contributed by atoms with E-state index in [2.05, 4.69) is 43.3 Å². The zero-order chi connectivity index (χ0) is 20.9. The van der Waals surface area contributed by atoms with Crippen LogP contribution in [0.25, 0.3) is 21.9 Å². The largest absolute Gasteiger partial charge is 0.247 e. The predicted molar refractivity (Wildman–Crippen MR) is 123 cm³/mol. The minimum atomic E-state index is -0.729. The molecule has 0 aliphatic heterocycles. The number of alkyl halides is 1. The molecule has 30 heavy (non-hydrogen) atoms. The quantitative estimate of drug-likeness (QED) is 0.372. The first-order valence-corrected chi connectivity index (χ1v) is 11.4. The second-order valence-corrected chi connectivity index (χ2v) is 8.72. The topological polar surface area (TPSA) is 23.8 Å². The third-order valence-electron chi connectivity index (χ3n) is 6.65. The van der Waals surface area contributed by atoms with Gasteiger partial charge in [-0.15, -0.1) is 0 Å². The highest BCUT2D eigenvalue weighted by atomic mass is 19.1. The van der Waals surface area contributed by atoms with Gasteiger partial charge < -0.3 is 0 Å². The van der Waals surface area contributed by atoms with Crippen LogP contribution >= 0.6 is 0 Å². The zero-order valence-corrected chi connectivity index (χ0v) is 17.8. The molecule has 0 amide bonds. The van der Waals surface area contributed by atoms with Crippen molar-refractivity contribution in [1.29, 1.82) is 5.26 Å². The molecule has 0 heterocycles. The highest BCUT2D eigenvalue weighted by Gasteiger charge is 2.29. The maximum Gasteiger partial charge on any atom is 0.107 e. The Hall–Kier alpha value is -2.66. The van der Waals surface area contributed by atoms with Crippen molar-refractivity contribution in [3.05, 3.63) is 71.3 Å². The number of hydrogen-bond donors (Lipinski definition) is 0. The van der Waals surface area contributed by atoms with Gasteiger partial charge in [0.15, 0.2) is 0 Å². The number of fused-ring (bicyclic) bond motifs is 3. The number of hydrogen-bond acceptors (Lipinski definition) is 1. The Kier molecular flexibility index (Phi) is 6.48. The van der Waals surface area contributed by atoms with E-state index in [4.69, 9.17) is 5.26 Å². The normalized spacial score (nSPS) is 18.2. The van der Waals surface area contributed by atoms with Crippen molar-refractivity contribution < 1.29 is 4.39 Å². The van der Waals surface area contributed by atoms with Crippen molar-refractivity contribution in [1.82, 2.24) is 0 Å². The molecule has 0 fully saturated rings. The van der Waals surface area contributed by atoms with Gasteiger partial charge >= 0.3 is 0 Å². The van der Waals surface area contributed by atoms with Crippen molar-refractivity contribution in [2.75, 3.05) is 0 Å². The van der Waals surface area contributed by atoms with Crippen LogP contribution in [0.15, 0.2) is 54.6 Å². The highest BCUT2D eigenvalue weighted by Crippen LogP contribution is 2.36. The highest BCUT2D eigenvalue weighted by molar-refractivity contribution is 5.91. The summed E-state index contributed by atoms with van der Waals surface area (Å²) in [5, 5.41) is 11.4. The summed E-state index contributed by atoms with van der Waals surface area (Å²) in [4.78, 5) is 0. The number of nitriles is 1. The molecule has 3 aromatic carbocycles. The van der Waals surface area contributed by atoms with Gasteiger partial charge in [-0.1, -0.05) is 75.4 Å². The molecule has 1 aliphatic carbocycles. The Morgan fingerprint density at radius 3 is 2.43 bits per heavy atom. The van der Waals surface area contributed by atoms with Gasteiger partial charge in [0, 0.05) is 6.42 Å². The molecule has 0 spiro atoms. The Bertz CT molecular complexity index is 1040. The monoisotopic (exact) mass is 399 g/mol. The summed E-state index contributed by atoms with van der Waals surface area (Å²) in [6, 6.07) is 20.7. The van der Waals surface area contributed by atoms with Crippen LogP contribution in [-0.4, -0.2) is 6.17 Å². The minimum absolute atomic E-state index is 0.175. The third-order valence-corrected chi connectivity index (χ3v) is 6.65. The van der Waals surface area contributed by atoms with Crippen molar-refractivity contribution in [2.45, 2.75) is 64.5 Å². The Balaban J connectivity index is 1.53. The van der Waals surface area contributed by atoms with Gasteiger partial charge in [-0.25, -0.2) is 4.39 Å². The third kappa shape index (κ3) is 4.41. The van der Waals surface area contributed by atoms with Crippen molar-refractivity contribution in [3.63, 3.8) is 0 Å². The van der Waals surface area contributed by atoms with Crippen molar-refractivity contribution >= 4 is 10.8 Å². The fourth-order valence-electron chi connectivity index (χ4n) is 4.85. The van der Waals surface area contributed by atoms with E-state index in [1.807, 2.05) is 24.3 Å². The molecule has 0 radical (unpaired) electrons. The standard InChI is InChI=1S/C28H30FN/c1-2-3-4-5-6-7-25-17-24-13-12-23-16-22(21-10-8-20(19-30)9-11-21)14-15-26(23)27(24)18-28(25)29/h8-16,25,28H,2-7,17-18H2,1H3/t25-,28-/m1/s1. The van der Waals surface area contributed by atoms with Gasteiger partial charge in [0.1, 0.15) is 6.17 Å². The van der Waals surface area contributed by atoms with E-state index in [0.29, 0.717) is 12.0 Å². The summed E-state index contributed by atoms with van der Waals surface area (Å²) in [5.41, 5.74) is 5.43. The number of unbranched alkanes of at least 4 members (excludes halogenated alkanes) is 4. The number of rotatable bonds is 7. The minimum Gasteiger partial charge on any atom is -0.247 e. The smallest absolute Gasteiger partial charge is 0.107 e. The van der Waals surface area contributed by atoms with E-state index in [-0.39, 0.29) is 5.92 Å². The molecule has 1 nitrogen and oxygen atoms in total.